The fourth-order valence-corrected chi connectivity index (χ4v) is 4.02. The number of hydrogen-bond donors (Lipinski definition) is 1. The molecule has 0 bridgehead atoms. The number of methoxy groups -OCH3 is 1. The highest BCUT2D eigenvalue weighted by Crippen LogP contribution is 2.18. The monoisotopic (exact) mass is 378 g/mol. The van der Waals surface area contributed by atoms with Crippen LogP contribution >= 0.6 is 0 Å². The highest BCUT2D eigenvalue weighted by atomic mass is 32.2. The number of esters is 1. The van der Waals surface area contributed by atoms with Crippen LogP contribution in [0.25, 0.3) is 0 Å². The molecule has 0 amide bonds. The number of ether oxygens (including phenoxy) is 1. The smallest absolute Gasteiger partial charge is 0.337 e. The minimum absolute atomic E-state index is 0.0142. The number of anilines is 1. The van der Waals surface area contributed by atoms with Crippen molar-refractivity contribution in [2.45, 2.75) is 13.3 Å². The zero-order chi connectivity index (χ0) is 18.4. The van der Waals surface area contributed by atoms with Gasteiger partial charge in [-0.05, 0) is 30.7 Å². The molecule has 0 aromatic heterocycles. The van der Waals surface area contributed by atoms with E-state index in [9.17, 15) is 21.6 Å². The minimum Gasteiger partial charge on any atom is -0.465 e. The number of nitrogens with zero attached hydrogens (tertiary/aromatic N) is 1. The Hall–Kier alpha value is -1.65. The maximum absolute atomic E-state index is 11.9. The number of sulfonamides is 2. The van der Waals surface area contributed by atoms with Gasteiger partial charge >= 0.3 is 5.97 Å². The first kappa shape index (κ1) is 20.4. The van der Waals surface area contributed by atoms with Gasteiger partial charge in [-0.2, -0.15) is 0 Å². The van der Waals surface area contributed by atoms with E-state index >= 15 is 0 Å². The van der Waals surface area contributed by atoms with Crippen molar-refractivity contribution in [2.24, 2.45) is 0 Å². The highest BCUT2D eigenvalue weighted by Gasteiger charge is 2.19. The number of hydrogen-bond acceptors (Lipinski definition) is 6. The van der Waals surface area contributed by atoms with Crippen LogP contribution in [-0.4, -0.2) is 55.0 Å². The SMILES string of the molecule is CCCS(=O)(=O)NCCN(c1ccc(C(=O)OC)cc1)S(C)(=O)=O. The van der Waals surface area contributed by atoms with Crippen LogP contribution in [-0.2, 0) is 24.8 Å². The Balaban J connectivity index is 2.89. The van der Waals surface area contributed by atoms with E-state index in [1.54, 1.807) is 6.92 Å². The summed E-state index contributed by atoms with van der Waals surface area (Å²) in [4.78, 5) is 11.4. The molecule has 0 aliphatic heterocycles. The van der Waals surface area contributed by atoms with Crippen LogP contribution in [0.1, 0.15) is 23.7 Å². The molecule has 0 spiro atoms. The molecule has 0 saturated heterocycles. The molecule has 8 nitrogen and oxygen atoms in total. The maximum atomic E-state index is 11.9. The molecule has 0 unspecified atom stereocenters. The molecule has 24 heavy (non-hydrogen) atoms. The van der Waals surface area contributed by atoms with Crippen LogP contribution in [0.15, 0.2) is 24.3 Å². The lowest BCUT2D eigenvalue weighted by atomic mass is 10.2. The fraction of sp³-hybridized carbons (Fsp3) is 0.500. The third-order valence-electron chi connectivity index (χ3n) is 3.09. The van der Waals surface area contributed by atoms with Crippen molar-refractivity contribution in [1.29, 1.82) is 0 Å². The molecule has 0 aliphatic rings. The van der Waals surface area contributed by atoms with Crippen LogP contribution in [0.5, 0.6) is 0 Å². The molecule has 0 radical (unpaired) electrons. The third-order valence-corrected chi connectivity index (χ3v) is 5.87. The first-order valence-corrected chi connectivity index (χ1v) is 10.7. The summed E-state index contributed by atoms with van der Waals surface area (Å²) >= 11 is 0. The zero-order valence-electron chi connectivity index (χ0n) is 13.9. The van der Waals surface area contributed by atoms with Crippen molar-refractivity contribution < 1.29 is 26.4 Å². The molecule has 1 aromatic rings. The predicted octanol–water partition coefficient (Wildman–Crippen LogP) is 0.569. The normalized spacial score (nSPS) is 12.0. The third kappa shape index (κ3) is 6.10. The molecule has 136 valence electrons. The maximum Gasteiger partial charge on any atom is 0.337 e. The summed E-state index contributed by atoms with van der Waals surface area (Å²) in [6.07, 6.45) is 1.50. The Kier molecular flexibility index (Phi) is 7.18. The number of rotatable bonds is 9. The van der Waals surface area contributed by atoms with E-state index in [1.807, 2.05) is 0 Å². The van der Waals surface area contributed by atoms with Gasteiger partial charge in [-0.15, -0.1) is 0 Å². The first-order chi connectivity index (χ1) is 11.1. The van der Waals surface area contributed by atoms with Gasteiger partial charge in [0.2, 0.25) is 20.0 Å². The standard InChI is InChI=1S/C14H22N2O6S2/c1-4-11-24(20,21)15-9-10-16(23(3,18)19)13-7-5-12(6-8-13)14(17)22-2/h5-8,15H,4,9-11H2,1-3H3. The summed E-state index contributed by atoms with van der Waals surface area (Å²) in [5, 5.41) is 0. The fourth-order valence-electron chi connectivity index (χ4n) is 2.01. The molecule has 0 heterocycles. The van der Waals surface area contributed by atoms with Gasteiger partial charge in [-0.25, -0.2) is 26.4 Å². The van der Waals surface area contributed by atoms with Gasteiger partial charge in [0.1, 0.15) is 0 Å². The van der Waals surface area contributed by atoms with E-state index < -0.39 is 26.0 Å². The molecule has 10 heteroatoms. The van der Waals surface area contributed by atoms with Gasteiger partial charge in [0, 0.05) is 13.1 Å². The van der Waals surface area contributed by atoms with Crippen molar-refractivity contribution in [3.8, 4) is 0 Å². The van der Waals surface area contributed by atoms with Gasteiger partial charge in [0.25, 0.3) is 0 Å². The highest BCUT2D eigenvalue weighted by molar-refractivity contribution is 7.92. The largest absolute Gasteiger partial charge is 0.465 e. The van der Waals surface area contributed by atoms with Gasteiger partial charge in [0.15, 0.2) is 0 Å². The lowest BCUT2D eigenvalue weighted by Crippen LogP contribution is -2.38. The van der Waals surface area contributed by atoms with Crippen molar-refractivity contribution in [2.75, 3.05) is 36.5 Å². The van der Waals surface area contributed by atoms with E-state index in [-0.39, 0.29) is 18.8 Å². The molecule has 1 N–H and O–H groups in total. The Morgan fingerprint density at radius 3 is 2.21 bits per heavy atom. The van der Waals surface area contributed by atoms with Gasteiger partial charge in [0.05, 0.1) is 30.4 Å². The molecule has 0 atom stereocenters. The summed E-state index contributed by atoms with van der Waals surface area (Å²) < 4.78 is 55.1. The minimum atomic E-state index is -3.60. The van der Waals surface area contributed by atoms with E-state index in [0.717, 1.165) is 10.6 Å². The Bertz CT molecular complexity index is 757. The zero-order valence-corrected chi connectivity index (χ0v) is 15.5. The van der Waals surface area contributed by atoms with Crippen molar-refractivity contribution in [3.05, 3.63) is 29.8 Å². The molecule has 0 aliphatic carbocycles. The van der Waals surface area contributed by atoms with Gasteiger partial charge in [-0.3, -0.25) is 4.31 Å². The second-order valence-electron chi connectivity index (χ2n) is 5.09. The van der Waals surface area contributed by atoms with Crippen molar-refractivity contribution in [3.63, 3.8) is 0 Å². The molecular weight excluding hydrogens is 356 g/mol. The number of nitrogens with one attached hydrogen (secondary N) is 1. The van der Waals surface area contributed by atoms with E-state index in [2.05, 4.69) is 9.46 Å². The number of carbonyl (C=O) groups is 1. The average molecular weight is 378 g/mol. The summed E-state index contributed by atoms with van der Waals surface area (Å²) in [7, 11) is -5.76. The number of carbonyl (C=O) groups excluding carboxylic acids is 1. The van der Waals surface area contributed by atoms with Gasteiger partial charge < -0.3 is 4.74 Å². The Morgan fingerprint density at radius 2 is 1.75 bits per heavy atom. The van der Waals surface area contributed by atoms with E-state index in [4.69, 9.17) is 0 Å². The van der Waals surface area contributed by atoms with E-state index in [1.165, 1.54) is 31.4 Å². The second kappa shape index (κ2) is 8.45. The second-order valence-corrected chi connectivity index (χ2v) is 8.92. The first-order valence-electron chi connectivity index (χ1n) is 7.24. The van der Waals surface area contributed by atoms with Crippen molar-refractivity contribution >= 4 is 31.7 Å². The predicted molar refractivity (Wildman–Crippen MR) is 92.1 cm³/mol. The molecule has 0 saturated carbocycles. The molecular formula is C14H22N2O6S2. The van der Waals surface area contributed by atoms with Crippen molar-refractivity contribution in [1.82, 2.24) is 4.72 Å². The average Bonchev–Trinajstić information content (AvgIpc) is 2.50. The van der Waals surface area contributed by atoms with Crippen LogP contribution < -0.4 is 9.03 Å². The van der Waals surface area contributed by atoms with E-state index in [0.29, 0.717) is 17.7 Å². The lowest BCUT2D eigenvalue weighted by Gasteiger charge is -2.22. The summed E-state index contributed by atoms with van der Waals surface area (Å²) in [6.45, 7) is 1.64. The Labute approximate surface area is 142 Å². The van der Waals surface area contributed by atoms with Crippen LogP contribution in [0, 0.1) is 0 Å². The summed E-state index contributed by atoms with van der Waals surface area (Å²) in [6, 6.07) is 5.82. The van der Waals surface area contributed by atoms with Gasteiger partial charge in [-0.1, -0.05) is 6.92 Å². The lowest BCUT2D eigenvalue weighted by molar-refractivity contribution is 0.0600. The van der Waals surface area contributed by atoms with Crippen LogP contribution in [0.2, 0.25) is 0 Å². The number of benzene rings is 1. The quantitative estimate of drug-likeness (QED) is 0.629. The molecule has 1 rings (SSSR count). The molecule has 1 aromatic carbocycles. The van der Waals surface area contributed by atoms with Crippen LogP contribution in [0.4, 0.5) is 5.69 Å². The molecule has 0 fully saturated rings. The summed E-state index contributed by atoms with van der Waals surface area (Å²) in [5.41, 5.74) is 0.623. The topological polar surface area (TPSA) is 110 Å². The Morgan fingerprint density at radius 1 is 1.17 bits per heavy atom. The van der Waals surface area contributed by atoms with Crippen LogP contribution in [0.3, 0.4) is 0 Å². The summed E-state index contributed by atoms with van der Waals surface area (Å²) in [5.74, 6) is -0.542.